The normalized spacial score (nSPS) is 11.7. The van der Waals surface area contributed by atoms with Crippen LogP contribution in [0.3, 0.4) is 0 Å². The maximum absolute atomic E-state index is 5.89. The second kappa shape index (κ2) is 3.67. The first-order valence-electron chi connectivity index (χ1n) is 5.29. The molecule has 2 aromatic rings. The predicted octanol–water partition coefficient (Wildman–Crippen LogP) is 2.99. The lowest BCUT2D eigenvalue weighted by Gasteiger charge is -2.22. The first kappa shape index (κ1) is 10.7. The first-order valence-corrected chi connectivity index (χ1v) is 5.29. The number of fused-ring (bicyclic) bond motifs is 1. The molecule has 1 aromatic carbocycles. The molecule has 0 atom stereocenters. The zero-order valence-electron chi connectivity index (χ0n) is 9.82. The third-order valence-corrected chi connectivity index (χ3v) is 2.18. The average molecular weight is 216 g/mol. The van der Waals surface area contributed by atoms with Crippen LogP contribution in [0.1, 0.15) is 20.8 Å². The first-order chi connectivity index (χ1) is 7.47. The number of hydrogen-bond acceptors (Lipinski definition) is 3. The molecule has 0 radical (unpaired) electrons. The number of pyridine rings is 1. The zero-order valence-corrected chi connectivity index (χ0v) is 9.82. The van der Waals surface area contributed by atoms with Gasteiger partial charge in [-0.1, -0.05) is 0 Å². The molecule has 16 heavy (non-hydrogen) atoms. The Morgan fingerprint density at radius 2 is 1.94 bits per heavy atom. The molecule has 2 rings (SSSR count). The molecule has 1 heterocycles. The van der Waals surface area contributed by atoms with Crippen LogP contribution in [0.25, 0.3) is 10.9 Å². The van der Waals surface area contributed by atoms with E-state index in [0.717, 1.165) is 22.3 Å². The Balaban J connectivity index is 2.59. The molecule has 0 unspecified atom stereocenters. The molecular formula is C13H16N2O. The summed E-state index contributed by atoms with van der Waals surface area (Å²) in [6, 6.07) is 7.55. The molecular weight excluding hydrogens is 200 g/mol. The molecule has 0 saturated heterocycles. The second-order valence-electron chi connectivity index (χ2n) is 4.77. The summed E-state index contributed by atoms with van der Waals surface area (Å²) in [5, 5.41) is 0.934. The molecule has 0 fully saturated rings. The molecule has 0 bridgehead atoms. The van der Waals surface area contributed by atoms with Crippen LogP contribution in [-0.4, -0.2) is 10.6 Å². The van der Waals surface area contributed by atoms with Crippen molar-refractivity contribution < 1.29 is 4.74 Å². The Morgan fingerprint density at radius 3 is 2.62 bits per heavy atom. The Labute approximate surface area is 95.2 Å². The predicted molar refractivity (Wildman–Crippen MR) is 66.5 cm³/mol. The van der Waals surface area contributed by atoms with E-state index in [2.05, 4.69) is 4.98 Å². The van der Waals surface area contributed by atoms with Gasteiger partial charge in [-0.15, -0.1) is 0 Å². The fraction of sp³-hybridized carbons (Fsp3) is 0.308. The smallest absolute Gasteiger partial charge is 0.146 e. The summed E-state index contributed by atoms with van der Waals surface area (Å²) in [5.41, 5.74) is 7.20. The van der Waals surface area contributed by atoms with Crippen molar-refractivity contribution in [1.82, 2.24) is 4.98 Å². The molecule has 3 heteroatoms. The number of nitrogens with two attached hydrogens (primary N) is 1. The van der Waals surface area contributed by atoms with Crippen molar-refractivity contribution >= 4 is 16.6 Å². The molecule has 0 amide bonds. The minimum absolute atomic E-state index is 0.236. The second-order valence-corrected chi connectivity index (χ2v) is 4.77. The van der Waals surface area contributed by atoms with Crippen LogP contribution >= 0.6 is 0 Å². The topological polar surface area (TPSA) is 48.1 Å². The Hall–Kier alpha value is -1.77. The van der Waals surface area contributed by atoms with Gasteiger partial charge in [-0.25, -0.2) is 0 Å². The standard InChI is InChI=1S/C13H16N2O/c1-13(2,3)16-11-7-6-10(14)9-5-4-8-15-12(9)11/h4-8H,14H2,1-3H3. The summed E-state index contributed by atoms with van der Waals surface area (Å²) >= 11 is 0. The number of nitrogen functional groups attached to an aromatic ring is 1. The number of rotatable bonds is 1. The average Bonchev–Trinajstić information content (AvgIpc) is 2.21. The van der Waals surface area contributed by atoms with Crippen molar-refractivity contribution in [3.8, 4) is 5.75 Å². The number of nitrogens with zero attached hydrogens (tertiary/aromatic N) is 1. The highest BCUT2D eigenvalue weighted by atomic mass is 16.5. The summed E-state index contributed by atoms with van der Waals surface area (Å²) in [4.78, 5) is 4.32. The van der Waals surface area contributed by atoms with Crippen LogP contribution in [0.5, 0.6) is 5.75 Å². The third kappa shape index (κ3) is 2.08. The lowest BCUT2D eigenvalue weighted by atomic mass is 10.1. The van der Waals surface area contributed by atoms with E-state index in [4.69, 9.17) is 10.5 Å². The summed E-state index contributed by atoms with van der Waals surface area (Å²) < 4.78 is 5.85. The van der Waals surface area contributed by atoms with Gasteiger partial charge < -0.3 is 10.5 Å². The van der Waals surface area contributed by atoms with E-state index in [9.17, 15) is 0 Å². The van der Waals surface area contributed by atoms with Gasteiger partial charge in [-0.2, -0.15) is 0 Å². The summed E-state index contributed by atoms with van der Waals surface area (Å²) in [5.74, 6) is 0.775. The van der Waals surface area contributed by atoms with Crippen molar-refractivity contribution in [2.45, 2.75) is 26.4 Å². The van der Waals surface area contributed by atoms with E-state index in [-0.39, 0.29) is 5.60 Å². The van der Waals surface area contributed by atoms with E-state index in [0.29, 0.717) is 0 Å². The molecule has 84 valence electrons. The van der Waals surface area contributed by atoms with Crippen LogP contribution < -0.4 is 10.5 Å². The third-order valence-electron chi connectivity index (χ3n) is 2.18. The molecule has 3 nitrogen and oxygen atoms in total. The maximum atomic E-state index is 5.89. The van der Waals surface area contributed by atoms with Crippen molar-refractivity contribution in [2.24, 2.45) is 0 Å². The molecule has 2 N–H and O–H groups in total. The fourth-order valence-electron chi connectivity index (χ4n) is 1.58. The van der Waals surface area contributed by atoms with Crippen molar-refractivity contribution in [3.05, 3.63) is 30.5 Å². The van der Waals surface area contributed by atoms with Gasteiger partial charge in [-0.3, -0.25) is 4.98 Å². The molecule has 0 aliphatic heterocycles. The largest absolute Gasteiger partial charge is 0.486 e. The van der Waals surface area contributed by atoms with Crippen LogP contribution in [-0.2, 0) is 0 Å². The number of benzene rings is 1. The number of aromatic nitrogens is 1. The van der Waals surface area contributed by atoms with E-state index >= 15 is 0 Å². The van der Waals surface area contributed by atoms with Crippen LogP contribution in [0.2, 0.25) is 0 Å². The fourth-order valence-corrected chi connectivity index (χ4v) is 1.58. The summed E-state index contributed by atoms with van der Waals surface area (Å²) in [6.07, 6.45) is 1.75. The monoisotopic (exact) mass is 216 g/mol. The van der Waals surface area contributed by atoms with Gasteiger partial charge in [0.1, 0.15) is 16.9 Å². The van der Waals surface area contributed by atoms with Crippen LogP contribution in [0.4, 0.5) is 5.69 Å². The minimum Gasteiger partial charge on any atom is -0.486 e. The Bertz CT molecular complexity index is 515. The summed E-state index contributed by atoms with van der Waals surface area (Å²) in [7, 11) is 0. The highest BCUT2D eigenvalue weighted by Crippen LogP contribution is 2.30. The van der Waals surface area contributed by atoms with Crippen LogP contribution in [0.15, 0.2) is 30.5 Å². The van der Waals surface area contributed by atoms with Crippen LogP contribution in [0, 0.1) is 0 Å². The molecule has 0 aliphatic carbocycles. The zero-order chi connectivity index (χ0) is 11.8. The van der Waals surface area contributed by atoms with E-state index < -0.39 is 0 Å². The number of anilines is 1. The lowest BCUT2D eigenvalue weighted by molar-refractivity contribution is 0.133. The van der Waals surface area contributed by atoms with E-state index in [1.54, 1.807) is 6.20 Å². The van der Waals surface area contributed by atoms with Gasteiger partial charge >= 0.3 is 0 Å². The lowest BCUT2D eigenvalue weighted by Crippen LogP contribution is -2.23. The summed E-state index contributed by atoms with van der Waals surface area (Å²) in [6.45, 7) is 6.04. The SMILES string of the molecule is CC(C)(C)Oc1ccc(N)c2cccnc12. The molecule has 0 saturated carbocycles. The molecule has 0 aliphatic rings. The Morgan fingerprint density at radius 1 is 1.19 bits per heavy atom. The number of ether oxygens (including phenoxy) is 1. The van der Waals surface area contributed by atoms with E-state index in [1.165, 1.54) is 0 Å². The minimum atomic E-state index is -0.236. The highest BCUT2D eigenvalue weighted by Gasteiger charge is 2.14. The van der Waals surface area contributed by atoms with Crippen molar-refractivity contribution in [3.63, 3.8) is 0 Å². The van der Waals surface area contributed by atoms with Gasteiger partial charge in [0.2, 0.25) is 0 Å². The Kier molecular flexibility index (Phi) is 2.46. The van der Waals surface area contributed by atoms with Gasteiger partial charge in [0.15, 0.2) is 0 Å². The van der Waals surface area contributed by atoms with Crippen molar-refractivity contribution in [1.29, 1.82) is 0 Å². The number of hydrogen-bond donors (Lipinski definition) is 1. The molecule has 0 spiro atoms. The highest BCUT2D eigenvalue weighted by molar-refractivity contribution is 5.94. The van der Waals surface area contributed by atoms with Crippen molar-refractivity contribution in [2.75, 3.05) is 5.73 Å². The van der Waals surface area contributed by atoms with Gasteiger partial charge in [0.05, 0.1) is 0 Å². The van der Waals surface area contributed by atoms with Gasteiger partial charge in [0, 0.05) is 17.3 Å². The van der Waals surface area contributed by atoms with E-state index in [1.807, 2.05) is 45.0 Å². The van der Waals surface area contributed by atoms with Gasteiger partial charge in [0.25, 0.3) is 0 Å². The quantitative estimate of drug-likeness (QED) is 0.745. The molecule has 1 aromatic heterocycles. The van der Waals surface area contributed by atoms with Gasteiger partial charge in [-0.05, 0) is 45.0 Å². The maximum Gasteiger partial charge on any atom is 0.146 e.